The number of carboxylic acid groups (broad SMARTS) is 1. The number of hydrogen-bond acceptors (Lipinski definition) is 19. The van der Waals surface area contributed by atoms with Crippen LogP contribution in [-0.4, -0.2) is 216 Å². The van der Waals surface area contributed by atoms with Crippen molar-refractivity contribution in [3.05, 3.63) is 65.7 Å². The Morgan fingerprint density at radius 2 is 0.707 bits per heavy atom. The number of hydrogen-bond donors (Lipinski definition) is 24. The lowest BCUT2D eigenvalue weighted by Gasteiger charge is -2.28. The van der Waals surface area contributed by atoms with E-state index in [9.17, 15) is 82.8 Å². The summed E-state index contributed by atoms with van der Waals surface area (Å²) < 4.78 is 0. The summed E-state index contributed by atoms with van der Waals surface area (Å²) in [5.41, 5.74) is 44.3. The molecule has 15 amide bonds. The molecule has 99 heavy (non-hydrogen) atoms. The topological polar surface area (TPSA) is 680 Å². The fraction of sp³-hybridized carbons (Fsp3) is 0.550. The molecule has 2 aromatic rings. The normalized spacial score (nSPS) is 13.9. The van der Waals surface area contributed by atoms with E-state index in [1.54, 1.807) is 44.2 Å². The molecule has 2 rings (SSSR count). The molecule has 0 heterocycles. The maximum absolute atomic E-state index is 14.4. The van der Waals surface area contributed by atoms with Crippen LogP contribution in [0.25, 0.3) is 0 Å². The Morgan fingerprint density at radius 3 is 1.09 bits per heavy atom. The second kappa shape index (κ2) is 45.6. The molecule has 0 radical (unpaired) electrons. The third-order valence-corrected chi connectivity index (χ3v) is 14.6. The average Bonchev–Trinajstić information content (AvgIpc) is 0.881. The van der Waals surface area contributed by atoms with Gasteiger partial charge in [0.05, 0.1) is 19.3 Å². The standard InChI is InChI=1S/C60H98N22O17/c1-32(2)27-41(78-49(89)37(15-8-24-71-58(66)97)74-46(86)36(61)13-6-22-69-56(62)63)51(91)81-45(31-84)54(94)79-42(28-34-18-20-35(85)21-19-34)52(92)82-44(30-83)53(93)77-39(17-10-26-73-60(68)99)48(88)75-38(16-9-25-72-59(67)98)47(87)76-40(14-7-23-70-57(64)65)50(90)80-43(55(95)96)29-33-11-4-3-5-12-33/h3-5,11-12,18-21,32,36-45,83-85H,6-10,13-17,22-31,61H2,1-2H3,(H,74,86)(H,75,88)(H,76,87)(H,77,93)(H,78,89)(H,79,94)(H,80,90)(H,81,91)(H,82,92)(H,95,96)(H4,62,63,69)(H4,64,65,70)(H3,66,71,97)(H3,67,72,98)(H3,68,73,99)/t36-,37-,38-,39-,40-,41-,42-,43-,44-,45-/m0/s1. The van der Waals surface area contributed by atoms with Crippen LogP contribution in [0.15, 0.2) is 64.6 Å². The van der Waals surface area contributed by atoms with Crippen molar-refractivity contribution in [2.45, 2.75) is 158 Å². The van der Waals surface area contributed by atoms with E-state index < -0.39 is 157 Å². The van der Waals surface area contributed by atoms with Gasteiger partial charge >= 0.3 is 24.1 Å². The Hall–Kier alpha value is -10.8. The average molecular weight is 1400 g/mol. The van der Waals surface area contributed by atoms with Gasteiger partial charge < -0.3 is 130 Å². The number of carbonyl (C=O) groups excluding carboxylic acids is 12. The number of nitrogens with one attached hydrogen (secondary N) is 12. The zero-order valence-corrected chi connectivity index (χ0v) is 55.3. The van der Waals surface area contributed by atoms with Crippen LogP contribution >= 0.6 is 0 Å². The second-order valence-electron chi connectivity index (χ2n) is 23.2. The van der Waals surface area contributed by atoms with Crippen molar-refractivity contribution in [3.8, 4) is 5.75 Å². The van der Waals surface area contributed by atoms with Crippen LogP contribution in [0.5, 0.6) is 5.75 Å². The number of aliphatic imine (C=N–C) groups is 2. The molecular formula is C60H98N22O17. The first-order chi connectivity index (χ1) is 46.8. The first kappa shape index (κ1) is 84.3. The third-order valence-electron chi connectivity index (χ3n) is 14.6. The summed E-state index contributed by atoms with van der Waals surface area (Å²) in [7, 11) is 0. The van der Waals surface area contributed by atoms with Gasteiger partial charge in [0, 0.05) is 45.6 Å². The summed E-state index contributed by atoms with van der Waals surface area (Å²) in [5.74, 6) is -11.7. The number of nitrogens with zero attached hydrogens (tertiary/aromatic N) is 2. The van der Waals surface area contributed by atoms with E-state index in [1.165, 1.54) is 24.3 Å². The summed E-state index contributed by atoms with van der Waals surface area (Å²) in [6, 6.07) is -4.85. The molecule has 39 nitrogen and oxygen atoms in total. The zero-order chi connectivity index (χ0) is 74.1. The van der Waals surface area contributed by atoms with Crippen molar-refractivity contribution in [2.24, 2.45) is 61.8 Å². The number of urea groups is 3. The number of aliphatic carboxylic acids is 1. The van der Waals surface area contributed by atoms with E-state index in [-0.39, 0.29) is 133 Å². The minimum absolute atomic E-state index is 0.0109. The molecule has 0 aliphatic heterocycles. The number of nitrogens with two attached hydrogens (primary N) is 8. The van der Waals surface area contributed by atoms with Crippen molar-refractivity contribution in [2.75, 3.05) is 45.9 Å². The molecule has 0 unspecified atom stereocenters. The van der Waals surface area contributed by atoms with E-state index in [1.807, 2.05) is 0 Å². The van der Waals surface area contributed by atoms with Crippen LogP contribution in [0.4, 0.5) is 14.4 Å². The number of benzene rings is 2. The van der Waals surface area contributed by atoms with Crippen LogP contribution in [0.2, 0.25) is 0 Å². The van der Waals surface area contributed by atoms with Gasteiger partial charge in [0.25, 0.3) is 0 Å². The van der Waals surface area contributed by atoms with Crippen LogP contribution in [0.3, 0.4) is 0 Å². The Labute approximate surface area is 570 Å². The number of primary amides is 3. The molecule has 0 fully saturated rings. The largest absolute Gasteiger partial charge is 0.508 e. The van der Waals surface area contributed by atoms with Gasteiger partial charge in [-0.3, -0.25) is 53.1 Å². The number of amides is 15. The number of guanidine groups is 2. The molecule has 0 bridgehead atoms. The fourth-order valence-electron chi connectivity index (χ4n) is 9.46. The molecule has 0 aliphatic rings. The SMILES string of the molecule is CC(C)C[C@H](NC(=O)[C@H](CCCNC(N)=O)NC(=O)[C@@H](N)CCCN=C(N)N)C(=O)N[C@@H](CO)C(=O)N[C@@H](Cc1ccc(O)cc1)C(=O)N[C@@H](CO)C(=O)N[C@@H](CCCNC(N)=O)C(=O)N[C@@H](CCCNC(N)=O)C(=O)N[C@@H](CCCN=C(N)N)C(=O)N[C@@H](Cc1ccccc1)C(=O)O. The van der Waals surface area contributed by atoms with Crippen molar-refractivity contribution in [1.29, 1.82) is 0 Å². The number of aromatic hydroxyl groups is 1. The molecule has 39 heteroatoms. The van der Waals surface area contributed by atoms with Crippen LogP contribution in [0, 0.1) is 5.92 Å². The van der Waals surface area contributed by atoms with Gasteiger partial charge in [-0.1, -0.05) is 56.3 Å². The molecule has 2 aromatic carbocycles. The van der Waals surface area contributed by atoms with Crippen molar-refractivity contribution in [1.82, 2.24) is 63.8 Å². The van der Waals surface area contributed by atoms with E-state index in [4.69, 9.17) is 45.9 Å². The van der Waals surface area contributed by atoms with Crippen LogP contribution < -0.4 is 110 Å². The maximum atomic E-state index is 14.4. The maximum Gasteiger partial charge on any atom is 0.326 e. The van der Waals surface area contributed by atoms with Gasteiger partial charge in [0.1, 0.15) is 60.1 Å². The monoisotopic (exact) mass is 1400 g/mol. The molecule has 0 saturated heterocycles. The van der Waals surface area contributed by atoms with E-state index >= 15 is 0 Å². The lowest BCUT2D eigenvalue weighted by atomic mass is 10.0. The van der Waals surface area contributed by atoms with Gasteiger partial charge in [-0.2, -0.15) is 0 Å². The minimum atomic E-state index is -1.95. The summed E-state index contributed by atoms with van der Waals surface area (Å²) in [6.45, 7) is 0.941. The molecule has 32 N–H and O–H groups in total. The highest BCUT2D eigenvalue weighted by Gasteiger charge is 2.36. The molecular weight excluding hydrogens is 1300 g/mol. The summed E-state index contributed by atoms with van der Waals surface area (Å²) in [5, 5.41) is 70.5. The Balaban J connectivity index is 2.53. The molecule has 0 spiro atoms. The van der Waals surface area contributed by atoms with Crippen LogP contribution in [0.1, 0.15) is 95.6 Å². The lowest BCUT2D eigenvalue weighted by molar-refractivity contribution is -0.142. The lowest BCUT2D eigenvalue weighted by Crippen LogP contribution is -2.61. The minimum Gasteiger partial charge on any atom is -0.508 e. The number of carboxylic acids is 1. The highest BCUT2D eigenvalue weighted by Crippen LogP contribution is 2.14. The number of rotatable bonds is 47. The van der Waals surface area contributed by atoms with E-state index in [0.29, 0.717) is 12.0 Å². The van der Waals surface area contributed by atoms with Gasteiger partial charge in [-0.25, -0.2) is 19.2 Å². The van der Waals surface area contributed by atoms with Gasteiger partial charge in [0.15, 0.2) is 11.9 Å². The van der Waals surface area contributed by atoms with Crippen molar-refractivity contribution >= 4 is 89.1 Å². The fourth-order valence-corrected chi connectivity index (χ4v) is 9.46. The molecule has 0 aliphatic carbocycles. The first-order valence-corrected chi connectivity index (χ1v) is 31.8. The van der Waals surface area contributed by atoms with Gasteiger partial charge in [-0.15, -0.1) is 0 Å². The quantitative estimate of drug-likeness (QED) is 0.0166. The number of aliphatic hydroxyl groups is 2. The van der Waals surface area contributed by atoms with E-state index in [0.717, 1.165) is 0 Å². The number of carbonyl (C=O) groups is 13. The zero-order valence-electron chi connectivity index (χ0n) is 55.3. The molecule has 0 aromatic heterocycles. The number of aliphatic hydroxyl groups excluding tert-OH is 2. The predicted octanol–water partition coefficient (Wildman–Crippen LogP) is -7.56. The summed E-state index contributed by atoms with van der Waals surface area (Å²) >= 11 is 0. The highest BCUT2D eigenvalue weighted by molar-refractivity contribution is 5.99. The predicted molar refractivity (Wildman–Crippen MR) is 359 cm³/mol. The molecule has 10 atom stereocenters. The highest BCUT2D eigenvalue weighted by atomic mass is 16.4. The summed E-state index contributed by atoms with van der Waals surface area (Å²) in [4.78, 5) is 182. The first-order valence-electron chi connectivity index (χ1n) is 31.8. The number of phenols is 1. The van der Waals surface area contributed by atoms with Gasteiger partial charge in [-0.05, 0) is 99.8 Å². The smallest absolute Gasteiger partial charge is 0.326 e. The van der Waals surface area contributed by atoms with Crippen molar-refractivity contribution in [3.63, 3.8) is 0 Å². The summed E-state index contributed by atoms with van der Waals surface area (Å²) in [6.07, 6.45) is -1.11. The third kappa shape index (κ3) is 35.1. The Kier molecular flexibility index (Phi) is 38.8. The van der Waals surface area contributed by atoms with Crippen molar-refractivity contribution < 1.29 is 82.8 Å². The van der Waals surface area contributed by atoms with E-state index in [2.05, 4.69) is 73.8 Å². The van der Waals surface area contributed by atoms with Crippen LogP contribution in [-0.2, 0) is 60.8 Å². The molecule has 0 saturated carbocycles. The number of phenolic OH excluding ortho intramolecular Hbond substituents is 1. The second-order valence-corrected chi connectivity index (χ2v) is 23.2. The molecule has 550 valence electrons. The van der Waals surface area contributed by atoms with Gasteiger partial charge in [0.2, 0.25) is 53.2 Å². The Bertz CT molecular complexity index is 3050. The Morgan fingerprint density at radius 1 is 0.394 bits per heavy atom.